The molecule has 0 radical (unpaired) electrons. The van der Waals surface area contributed by atoms with E-state index in [9.17, 15) is 9.59 Å². The molecule has 0 aliphatic carbocycles. The van der Waals surface area contributed by atoms with Crippen molar-refractivity contribution in [2.45, 2.75) is 13.0 Å². The second-order valence-corrected chi connectivity index (χ2v) is 7.29. The van der Waals surface area contributed by atoms with Crippen LogP contribution >= 0.6 is 11.6 Å². The van der Waals surface area contributed by atoms with E-state index >= 15 is 0 Å². The number of carbonyl (C=O) groups is 2. The highest BCUT2D eigenvalue weighted by Crippen LogP contribution is 2.18. The topological polar surface area (TPSA) is 62.6 Å². The zero-order valence-corrected chi connectivity index (χ0v) is 16.6. The maximum atomic E-state index is 12.6. The van der Waals surface area contributed by atoms with Crippen LogP contribution in [0.5, 0.6) is 0 Å². The molecule has 1 unspecified atom stereocenters. The molecule has 0 saturated heterocycles. The number of hydrogen-bond acceptors (Lipinski definition) is 2. The van der Waals surface area contributed by atoms with Gasteiger partial charge in [0.05, 0.1) is 7.05 Å². The molecule has 2 atom stereocenters. The van der Waals surface area contributed by atoms with Gasteiger partial charge >= 0.3 is 0 Å². The second-order valence-electron chi connectivity index (χ2n) is 6.85. The number of fused-ring (bicyclic) bond motifs is 1. The molecule has 5 nitrogen and oxygen atoms in total. The van der Waals surface area contributed by atoms with E-state index in [0.717, 1.165) is 21.4 Å². The van der Waals surface area contributed by atoms with E-state index in [0.29, 0.717) is 10.7 Å². The molecule has 3 N–H and O–H groups in total. The lowest BCUT2D eigenvalue weighted by Gasteiger charge is -2.20. The Balaban J connectivity index is 1.56. The summed E-state index contributed by atoms with van der Waals surface area (Å²) in [6.07, 6.45) is 0. The minimum atomic E-state index is -0.387. The summed E-state index contributed by atoms with van der Waals surface area (Å²) < 4.78 is 0. The Labute approximate surface area is 169 Å². The van der Waals surface area contributed by atoms with Crippen molar-refractivity contribution in [3.05, 3.63) is 71.8 Å². The summed E-state index contributed by atoms with van der Waals surface area (Å²) in [4.78, 5) is 25.6. The number of quaternary nitrogens is 1. The number of carbonyl (C=O) groups excluding carboxylic acids is 2. The van der Waals surface area contributed by atoms with E-state index in [2.05, 4.69) is 10.6 Å². The van der Waals surface area contributed by atoms with E-state index < -0.39 is 0 Å². The molecular formula is C22H23ClN3O2+. The van der Waals surface area contributed by atoms with E-state index in [4.69, 9.17) is 11.6 Å². The summed E-state index contributed by atoms with van der Waals surface area (Å²) in [5.74, 6) is -0.294. The van der Waals surface area contributed by atoms with Crippen molar-refractivity contribution in [2.24, 2.45) is 0 Å². The van der Waals surface area contributed by atoms with Crippen molar-refractivity contribution in [3.8, 4) is 0 Å². The van der Waals surface area contributed by atoms with Crippen LogP contribution in [0.1, 0.15) is 6.92 Å². The molecule has 144 valence electrons. The van der Waals surface area contributed by atoms with Crippen molar-refractivity contribution in [1.29, 1.82) is 0 Å². The van der Waals surface area contributed by atoms with E-state index in [1.54, 1.807) is 31.2 Å². The van der Waals surface area contributed by atoms with Crippen molar-refractivity contribution in [3.63, 3.8) is 0 Å². The van der Waals surface area contributed by atoms with Gasteiger partial charge in [-0.15, -0.1) is 0 Å². The smallest absolute Gasteiger partial charge is 0.282 e. The first-order chi connectivity index (χ1) is 13.4. The van der Waals surface area contributed by atoms with Gasteiger partial charge in [0.15, 0.2) is 12.6 Å². The fourth-order valence-electron chi connectivity index (χ4n) is 2.89. The number of nitrogens with one attached hydrogen (secondary N) is 3. The lowest BCUT2D eigenvalue weighted by Crippen LogP contribution is -3.14. The van der Waals surface area contributed by atoms with Gasteiger partial charge in [0, 0.05) is 16.4 Å². The number of hydrogen-bond donors (Lipinski definition) is 3. The summed E-state index contributed by atoms with van der Waals surface area (Å²) in [6, 6.07) is 20.3. The van der Waals surface area contributed by atoms with Gasteiger partial charge in [-0.25, -0.2) is 0 Å². The molecule has 0 aromatic heterocycles. The highest BCUT2D eigenvalue weighted by atomic mass is 35.5. The molecule has 3 rings (SSSR count). The van der Waals surface area contributed by atoms with Gasteiger partial charge in [0.1, 0.15) is 0 Å². The van der Waals surface area contributed by atoms with Crippen molar-refractivity contribution < 1.29 is 14.5 Å². The average Bonchev–Trinajstić information content (AvgIpc) is 2.69. The van der Waals surface area contributed by atoms with Crippen LogP contribution in [0.25, 0.3) is 10.8 Å². The van der Waals surface area contributed by atoms with Crippen LogP contribution in [0.4, 0.5) is 11.4 Å². The van der Waals surface area contributed by atoms with Gasteiger partial charge < -0.3 is 15.5 Å². The van der Waals surface area contributed by atoms with Crippen molar-refractivity contribution >= 4 is 45.6 Å². The van der Waals surface area contributed by atoms with Crippen LogP contribution in [0, 0.1) is 0 Å². The summed E-state index contributed by atoms with van der Waals surface area (Å²) in [5, 5.41) is 8.55. The molecule has 0 saturated carbocycles. The second kappa shape index (κ2) is 8.87. The zero-order chi connectivity index (χ0) is 20.1. The number of rotatable bonds is 6. The van der Waals surface area contributed by atoms with Crippen LogP contribution < -0.4 is 15.5 Å². The molecule has 0 fully saturated rings. The molecule has 0 spiro atoms. The van der Waals surface area contributed by atoms with Gasteiger partial charge in [-0.2, -0.15) is 0 Å². The number of anilines is 2. The van der Waals surface area contributed by atoms with Gasteiger partial charge in [0.25, 0.3) is 11.8 Å². The average molecular weight is 397 g/mol. The Morgan fingerprint density at radius 1 is 0.929 bits per heavy atom. The van der Waals surface area contributed by atoms with E-state index in [1.807, 2.05) is 49.5 Å². The third-order valence-corrected chi connectivity index (χ3v) is 4.97. The lowest BCUT2D eigenvalue weighted by molar-refractivity contribution is -0.885. The highest BCUT2D eigenvalue weighted by molar-refractivity contribution is 6.30. The number of likely N-dealkylation sites (N-methyl/N-ethyl adjacent to an activating group) is 1. The van der Waals surface area contributed by atoms with Crippen LogP contribution in [0.2, 0.25) is 5.02 Å². The molecule has 3 aromatic rings. The molecule has 0 aliphatic heterocycles. The third kappa shape index (κ3) is 5.09. The first-order valence-corrected chi connectivity index (χ1v) is 9.47. The molecular weight excluding hydrogens is 374 g/mol. The van der Waals surface area contributed by atoms with Crippen molar-refractivity contribution in [1.82, 2.24) is 0 Å². The first-order valence-electron chi connectivity index (χ1n) is 9.10. The first kappa shape index (κ1) is 19.9. The molecule has 0 heterocycles. The number of amides is 2. The predicted molar refractivity (Wildman–Crippen MR) is 114 cm³/mol. The molecule has 3 aromatic carbocycles. The maximum absolute atomic E-state index is 12.6. The fraction of sp³-hybridized carbons (Fsp3) is 0.182. The Kier molecular flexibility index (Phi) is 6.29. The zero-order valence-electron chi connectivity index (χ0n) is 15.8. The molecule has 6 heteroatoms. The Morgan fingerprint density at radius 2 is 1.57 bits per heavy atom. The summed E-state index contributed by atoms with van der Waals surface area (Å²) in [6.45, 7) is 1.98. The summed E-state index contributed by atoms with van der Waals surface area (Å²) in [5.41, 5.74) is 1.42. The minimum absolute atomic E-state index is 0.132. The highest BCUT2D eigenvalue weighted by Gasteiger charge is 2.24. The molecule has 0 bridgehead atoms. The SMILES string of the molecule is C[C@H](C(=O)Nc1ccc2ccccc2c1)[NH+](C)CC(=O)Nc1ccc(Cl)cc1. The summed E-state index contributed by atoms with van der Waals surface area (Å²) in [7, 11) is 1.83. The van der Waals surface area contributed by atoms with Gasteiger partial charge in [-0.1, -0.05) is 41.9 Å². The van der Waals surface area contributed by atoms with Crippen LogP contribution in [0.3, 0.4) is 0 Å². The normalized spacial score (nSPS) is 13.0. The lowest BCUT2D eigenvalue weighted by atomic mass is 10.1. The third-order valence-electron chi connectivity index (χ3n) is 4.72. The van der Waals surface area contributed by atoms with Gasteiger partial charge in [0.2, 0.25) is 0 Å². The maximum Gasteiger partial charge on any atom is 0.282 e. The minimum Gasteiger partial charge on any atom is -0.321 e. The quantitative estimate of drug-likeness (QED) is 0.599. The standard InChI is InChI=1S/C22H22ClN3O2/c1-15(26(2)14-21(27)24-19-11-8-18(23)9-12-19)22(28)25-20-10-7-16-5-3-4-6-17(16)13-20/h3-13,15H,14H2,1-2H3,(H,24,27)(H,25,28)/p+1/t15-/m1/s1. The predicted octanol–water partition coefficient (Wildman–Crippen LogP) is 2.97. The number of benzene rings is 3. The van der Waals surface area contributed by atoms with E-state index in [-0.39, 0.29) is 24.4 Å². The van der Waals surface area contributed by atoms with Crippen LogP contribution in [-0.2, 0) is 9.59 Å². The molecule has 28 heavy (non-hydrogen) atoms. The largest absolute Gasteiger partial charge is 0.321 e. The van der Waals surface area contributed by atoms with E-state index in [1.165, 1.54) is 0 Å². The van der Waals surface area contributed by atoms with Gasteiger partial charge in [-0.3, -0.25) is 9.59 Å². The Morgan fingerprint density at radius 3 is 2.29 bits per heavy atom. The van der Waals surface area contributed by atoms with Crippen LogP contribution in [-0.4, -0.2) is 31.4 Å². The number of halogens is 1. The Bertz CT molecular complexity index is 988. The fourth-order valence-corrected chi connectivity index (χ4v) is 3.01. The van der Waals surface area contributed by atoms with Gasteiger partial charge in [-0.05, 0) is 54.1 Å². The van der Waals surface area contributed by atoms with Crippen LogP contribution in [0.15, 0.2) is 66.7 Å². The molecule has 0 aliphatic rings. The van der Waals surface area contributed by atoms with Crippen molar-refractivity contribution in [2.75, 3.05) is 24.2 Å². The summed E-state index contributed by atoms with van der Waals surface area (Å²) >= 11 is 5.85. The monoisotopic (exact) mass is 396 g/mol. The molecule has 2 amide bonds. The Hall–Kier alpha value is -2.89.